The zero-order valence-corrected chi connectivity index (χ0v) is 12.3. The Morgan fingerprint density at radius 3 is 2.84 bits per heavy atom. The second-order valence-electron chi connectivity index (χ2n) is 5.37. The maximum atomic E-state index is 10.2. The maximum Gasteiger partial charge on any atom is 0.139 e. The van der Waals surface area contributed by atoms with Crippen molar-refractivity contribution in [2.75, 3.05) is 6.54 Å². The van der Waals surface area contributed by atoms with Crippen LogP contribution in [0.15, 0.2) is 23.2 Å². The molecule has 4 heteroatoms. The second-order valence-corrected chi connectivity index (χ2v) is 5.37. The van der Waals surface area contributed by atoms with Crippen molar-refractivity contribution in [3.05, 3.63) is 30.2 Å². The lowest BCUT2D eigenvalue weighted by Gasteiger charge is -2.25. The Hall–Kier alpha value is -1.13. The summed E-state index contributed by atoms with van der Waals surface area (Å²) in [5.74, 6) is 1.27. The third-order valence-electron chi connectivity index (χ3n) is 3.40. The predicted octanol–water partition coefficient (Wildman–Crippen LogP) is 2.99. The van der Waals surface area contributed by atoms with Gasteiger partial charge in [0.25, 0.3) is 0 Å². The summed E-state index contributed by atoms with van der Waals surface area (Å²) in [6, 6.07) is 1.98. The van der Waals surface area contributed by atoms with Gasteiger partial charge in [0.1, 0.15) is 5.76 Å². The van der Waals surface area contributed by atoms with Crippen LogP contribution >= 0.6 is 0 Å². The lowest BCUT2D eigenvalue weighted by molar-refractivity contribution is 0.0307. The third kappa shape index (κ3) is 5.17. The van der Waals surface area contributed by atoms with Crippen molar-refractivity contribution in [3.8, 4) is 0 Å². The van der Waals surface area contributed by atoms with Gasteiger partial charge in [-0.2, -0.15) is 0 Å². The summed E-state index contributed by atoms with van der Waals surface area (Å²) in [4.78, 5) is 0. The summed E-state index contributed by atoms with van der Waals surface area (Å²) in [6.45, 7) is 11.3. The number of rotatable bonds is 9. The molecule has 0 saturated heterocycles. The van der Waals surface area contributed by atoms with E-state index in [0.717, 1.165) is 24.4 Å². The highest BCUT2D eigenvalue weighted by Crippen LogP contribution is 2.19. The Bertz CT molecular complexity index is 387. The fourth-order valence-electron chi connectivity index (χ4n) is 1.91. The fraction of sp³-hybridized carbons (Fsp3) is 0.667. The largest absolute Gasteiger partial charge is 0.390 e. The van der Waals surface area contributed by atoms with E-state index in [1.54, 1.807) is 6.08 Å². The molecule has 0 radical (unpaired) electrons. The van der Waals surface area contributed by atoms with E-state index < -0.39 is 5.60 Å². The van der Waals surface area contributed by atoms with Crippen LogP contribution in [0.5, 0.6) is 0 Å². The first kappa shape index (κ1) is 15.9. The highest BCUT2D eigenvalue weighted by molar-refractivity contribution is 5.08. The predicted molar refractivity (Wildman–Crippen MR) is 77.0 cm³/mol. The van der Waals surface area contributed by atoms with Gasteiger partial charge >= 0.3 is 0 Å². The number of hydrogen-bond donors (Lipinski definition) is 2. The summed E-state index contributed by atoms with van der Waals surface area (Å²) in [7, 11) is 0. The molecule has 0 aliphatic rings. The van der Waals surface area contributed by atoms with Gasteiger partial charge in [-0.1, -0.05) is 32.0 Å². The van der Waals surface area contributed by atoms with Crippen LogP contribution in [-0.4, -0.2) is 22.4 Å². The molecule has 1 aromatic rings. The van der Waals surface area contributed by atoms with Gasteiger partial charge in [-0.25, -0.2) is 0 Å². The van der Waals surface area contributed by atoms with E-state index in [1.165, 1.54) is 0 Å². The van der Waals surface area contributed by atoms with Crippen LogP contribution in [0.2, 0.25) is 0 Å². The molecule has 0 bridgehead atoms. The molecule has 0 aliphatic carbocycles. The molecule has 1 aromatic heterocycles. The van der Waals surface area contributed by atoms with E-state index >= 15 is 0 Å². The first-order chi connectivity index (χ1) is 9.00. The maximum absolute atomic E-state index is 10.2. The smallest absolute Gasteiger partial charge is 0.139 e. The van der Waals surface area contributed by atoms with Crippen molar-refractivity contribution in [3.63, 3.8) is 0 Å². The molecule has 1 atom stereocenters. The Morgan fingerprint density at radius 1 is 1.58 bits per heavy atom. The minimum Gasteiger partial charge on any atom is -0.390 e. The molecule has 19 heavy (non-hydrogen) atoms. The molecule has 0 spiro atoms. The normalized spacial score (nSPS) is 14.6. The molecule has 1 rings (SSSR count). The number of aliphatic hydroxyl groups is 1. The number of nitrogens with zero attached hydrogens (tertiary/aromatic N) is 1. The Balaban J connectivity index is 2.31. The van der Waals surface area contributed by atoms with Crippen molar-refractivity contribution < 1.29 is 9.63 Å². The number of aromatic nitrogens is 1. The van der Waals surface area contributed by atoms with Gasteiger partial charge in [-0.15, -0.1) is 6.58 Å². The molecular weight excluding hydrogens is 240 g/mol. The zero-order chi connectivity index (χ0) is 14.3. The van der Waals surface area contributed by atoms with Crippen molar-refractivity contribution in [2.45, 2.75) is 58.1 Å². The van der Waals surface area contributed by atoms with Gasteiger partial charge < -0.3 is 14.9 Å². The summed E-state index contributed by atoms with van der Waals surface area (Å²) >= 11 is 0. The highest BCUT2D eigenvalue weighted by Gasteiger charge is 2.21. The van der Waals surface area contributed by atoms with Gasteiger partial charge in [0.15, 0.2) is 0 Å². The van der Waals surface area contributed by atoms with Crippen molar-refractivity contribution in [1.82, 2.24) is 10.5 Å². The van der Waals surface area contributed by atoms with E-state index in [9.17, 15) is 5.11 Å². The second kappa shape index (κ2) is 7.46. The van der Waals surface area contributed by atoms with Crippen molar-refractivity contribution in [1.29, 1.82) is 0 Å². The van der Waals surface area contributed by atoms with Crippen LogP contribution in [-0.2, 0) is 6.54 Å². The van der Waals surface area contributed by atoms with Gasteiger partial charge in [-0.05, 0) is 25.8 Å². The molecule has 108 valence electrons. The van der Waals surface area contributed by atoms with Gasteiger partial charge in [-0.3, -0.25) is 0 Å². The molecular formula is C15H26N2O2. The number of nitrogens with one attached hydrogen (secondary N) is 1. The topological polar surface area (TPSA) is 58.3 Å². The first-order valence-corrected chi connectivity index (χ1v) is 7.00. The van der Waals surface area contributed by atoms with Crippen LogP contribution in [0, 0.1) is 0 Å². The van der Waals surface area contributed by atoms with E-state index in [1.807, 2.05) is 13.0 Å². The Labute approximate surface area is 115 Å². The van der Waals surface area contributed by atoms with E-state index in [4.69, 9.17) is 4.52 Å². The SMILES string of the molecule is C=CCC(O)(CC)CCNCc1cc(C(C)C)on1. The average Bonchev–Trinajstić information content (AvgIpc) is 2.84. The highest BCUT2D eigenvalue weighted by atomic mass is 16.5. The molecule has 4 nitrogen and oxygen atoms in total. The van der Waals surface area contributed by atoms with E-state index in [-0.39, 0.29) is 0 Å². The summed E-state index contributed by atoms with van der Waals surface area (Å²) in [6.07, 6.45) is 3.86. The van der Waals surface area contributed by atoms with Crippen LogP contribution in [0.1, 0.15) is 57.4 Å². The average molecular weight is 266 g/mol. The minimum absolute atomic E-state index is 0.360. The first-order valence-electron chi connectivity index (χ1n) is 7.00. The van der Waals surface area contributed by atoms with Gasteiger partial charge in [0.05, 0.1) is 11.3 Å². The van der Waals surface area contributed by atoms with Crippen LogP contribution in [0.3, 0.4) is 0 Å². The van der Waals surface area contributed by atoms with Crippen LogP contribution in [0.25, 0.3) is 0 Å². The minimum atomic E-state index is -0.637. The summed E-state index contributed by atoms with van der Waals surface area (Å²) in [5.41, 5.74) is 0.272. The Morgan fingerprint density at radius 2 is 2.32 bits per heavy atom. The van der Waals surface area contributed by atoms with Crippen LogP contribution < -0.4 is 5.32 Å². The standard InChI is InChI=1S/C15H26N2O2/c1-5-7-15(18,6-2)8-9-16-11-13-10-14(12(3)4)19-17-13/h5,10,12,16,18H,1,6-9,11H2,2-4H3. The van der Waals surface area contributed by atoms with E-state index in [0.29, 0.717) is 25.3 Å². The molecule has 0 saturated carbocycles. The zero-order valence-electron chi connectivity index (χ0n) is 12.3. The van der Waals surface area contributed by atoms with Crippen LogP contribution in [0.4, 0.5) is 0 Å². The lowest BCUT2D eigenvalue weighted by Crippen LogP contribution is -2.31. The van der Waals surface area contributed by atoms with Crippen molar-refractivity contribution >= 4 is 0 Å². The molecule has 1 heterocycles. The molecule has 2 N–H and O–H groups in total. The quantitative estimate of drug-likeness (QED) is 0.533. The van der Waals surface area contributed by atoms with Gasteiger partial charge in [0, 0.05) is 18.5 Å². The third-order valence-corrected chi connectivity index (χ3v) is 3.40. The fourth-order valence-corrected chi connectivity index (χ4v) is 1.91. The molecule has 1 unspecified atom stereocenters. The lowest BCUT2D eigenvalue weighted by atomic mass is 9.92. The summed E-state index contributed by atoms with van der Waals surface area (Å²) < 4.78 is 5.23. The monoisotopic (exact) mass is 266 g/mol. The Kier molecular flexibility index (Phi) is 6.25. The van der Waals surface area contributed by atoms with E-state index in [2.05, 4.69) is 30.9 Å². The van der Waals surface area contributed by atoms with Gasteiger partial charge in [0.2, 0.25) is 0 Å². The summed E-state index contributed by atoms with van der Waals surface area (Å²) in [5, 5.41) is 17.5. The molecule has 0 fully saturated rings. The molecule has 0 amide bonds. The number of hydrogen-bond acceptors (Lipinski definition) is 4. The molecule has 0 aromatic carbocycles. The van der Waals surface area contributed by atoms with Crippen molar-refractivity contribution in [2.24, 2.45) is 0 Å². The molecule has 0 aliphatic heterocycles.